The van der Waals surface area contributed by atoms with Crippen molar-refractivity contribution in [2.24, 2.45) is 0 Å². The quantitative estimate of drug-likeness (QED) is 0.759. The van der Waals surface area contributed by atoms with Crippen LogP contribution in [0.5, 0.6) is 0 Å². The van der Waals surface area contributed by atoms with Crippen molar-refractivity contribution < 1.29 is 9.53 Å². The minimum atomic E-state index is -0.387. The molecule has 1 aromatic rings. The van der Waals surface area contributed by atoms with Crippen LogP contribution >= 0.6 is 0 Å². The zero-order valence-electron chi connectivity index (χ0n) is 11.4. The largest absolute Gasteiger partial charge is 0.465 e. The average Bonchev–Trinajstić information content (AvgIpc) is 2.40. The van der Waals surface area contributed by atoms with E-state index in [0.717, 1.165) is 31.2 Å². The van der Waals surface area contributed by atoms with Crippen molar-refractivity contribution in [1.82, 2.24) is 0 Å². The lowest BCUT2D eigenvalue weighted by atomic mass is 9.69. The van der Waals surface area contributed by atoms with Crippen LogP contribution in [-0.4, -0.2) is 12.6 Å². The van der Waals surface area contributed by atoms with E-state index in [1.165, 1.54) is 12.0 Å². The van der Waals surface area contributed by atoms with E-state index in [0.29, 0.717) is 6.61 Å². The highest BCUT2D eigenvalue weighted by molar-refractivity contribution is 5.83. The maximum absolute atomic E-state index is 12.4. The van der Waals surface area contributed by atoms with Crippen LogP contribution in [0.4, 0.5) is 0 Å². The van der Waals surface area contributed by atoms with E-state index in [4.69, 9.17) is 4.74 Å². The molecule has 98 valence electrons. The minimum Gasteiger partial charge on any atom is -0.465 e. The Morgan fingerprint density at radius 1 is 1.17 bits per heavy atom. The molecule has 0 aromatic heterocycles. The first kappa shape index (κ1) is 13.1. The molecule has 0 aliphatic heterocycles. The first-order valence-electron chi connectivity index (χ1n) is 6.93. The summed E-state index contributed by atoms with van der Waals surface area (Å²) in [7, 11) is 0. The molecular weight excluding hydrogens is 224 g/mol. The first-order chi connectivity index (χ1) is 8.69. The van der Waals surface area contributed by atoms with Crippen molar-refractivity contribution in [1.29, 1.82) is 0 Å². The maximum Gasteiger partial charge on any atom is 0.316 e. The third kappa shape index (κ3) is 2.43. The lowest BCUT2D eigenvalue weighted by Crippen LogP contribution is -2.39. The molecule has 0 spiro atoms. The Balaban J connectivity index is 2.34. The fraction of sp³-hybridized carbons (Fsp3) is 0.562. The highest BCUT2D eigenvalue weighted by Gasteiger charge is 2.42. The molecule has 0 unspecified atom stereocenters. The summed E-state index contributed by atoms with van der Waals surface area (Å²) in [4.78, 5) is 12.4. The van der Waals surface area contributed by atoms with Gasteiger partial charge in [0.2, 0.25) is 0 Å². The number of aryl methyl sites for hydroxylation is 1. The van der Waals surface area contributed by atoms with Crippen LogP contribution in [0.3, 0.4) is 0 Å². The minimum absolute atomic E-state index is 0.0337. The van der Waals surface area contributed by atoms with Crippen molar-refractivity contribution in [3.8, 4) is 0 Å². The smallest absolute Gasteiger partial charge is 0.316 e. The normalized spacial score (nSPS) is 18.3. The highest BCUT2D eigenvalue weighted by atomic mass is 16.5. The van der Waals surface area contributed by atoms with Crippen LogP contribution in [0.15, 0.2) is 24.3 Å². The summed E-state index contributed by atoms with van der Waals surface area (Å²) in [5.74, 6) is -0.0337. The van der Waals surface area contributed by atoms with Crippen molar-refractivity contribution >= 4 is 5.97 Å². The third-order valence-corrected chi connectivity index (χ3v) is 3.98. The molecule has 0 amide bonds. The molecule has 0 saturated heterocycles. The van der Waals surface area contributed by atoms with Gasteiger partial charge >= 0.3 is 5.97 Å². The van der Waals surface area contributed by atoms with Crippen molar-refractivity contribution in [2.75, 3.05) is 6.61 Å². The van der Waals surface area contributed by atoms with E-state index in [2.05, 4.69) is 31.2 Å². The van der Waals surface area contributed by atoms with Crippen LogP contribution in [0.2, 0.25) is 0 Å². The number of benzene rings is 1. The van der Waals surface area contributed by atoms with Crippen LogP contribution in [-0.2, 0) is 14.9 Å². The standard InChI is InChI=1S/C16H22O2/c1-3-18-15(17)16(11-5-4-6-12-16)14-9-7-13(2)8-10-14/h7-10H,3-6,11-12H2,1-2H3. The van der Waals surface area contributed by atoms with Gasteiger partial charge in [0.25, 0.3) is 0 Å². The van der Waals surface area contributed by atoms with E-state index < -0.39 is 0 Å². The number of esters is 1. The molecule has 2 nitrogen and oxygen atoms in total. The monoisotopic (exact) mass is 246 g/mol. The van der Waals surface area contributed by atoms with Gasteiger partial charge in [-0.3, -0.25) is 4.79 Å². The Bertz CT molecular complexity index is 400. The predicted molar refractivity (Wildman–Crippen MR) is 72.6 cm³/mol. The van der Waals surface area contributed by atoms with Crippen molar-refractivity contribution in [3.05, 3.63) is 35.4 Å². The summed E-state index contributed by atoms with van der Waals surface area (Å²) >= 11 is 0. The van der Waals surface area contributed by atoms with E-state index in [9.17, 15) is 4.79 Å². The van der Waals surface area contributed by atoms with E-state index in [1.807, 2.05) is 6.92 Å². The van der Waals surface area contributed by atoms with Gasteiger partial charge in [-0.1, -0.05) is 49.1 Å². The van der Waals surface area contributed by atoms with Gasteiger partial charge in [-0.25, -0.2) is 0 Å². The van der Waals surface area contributed by atoms with Gasteiger partial charge in [0.15, 0.2) is 0 Å². The molecule has 0 atom stereocenters. The summed E-state index contributed by atoms with van der Waals surface area (Å²) < 4.78 is 5.33. The lowest BCUT2D eigenvalue weighted by molar-refractivity contribution is -0.151. The SMILES string of the molecule is CCOC(=O)C1(c2ccc(C)cc2)CCCCC1. The van der Waals surface area contributed by atoms with E-state index in [-0.39, 0.29) is 11.4 Å². The summed E-state index contributed by atoms with van der Waals surface area (Å²) in [5.41, 5.74) is 1.97. The van der Waals surface area contributed by atoms with E-state index >= 15 is 0 Å². The molecule has 1 aromatic carbocycles. The molecule has 2 heteroatoms. The Labute approximate surface area is 109 Å². The number of hydrogen-bond donors (Lipinski definition) is 0. The fourth-order valence-corrected chi connectivity index (χ4v) is 2.91. The second-order valence-electron chi connectivity index (χ2n) is 5.23. The first-order valence-corrected chi connectivity index (χ1v) is 6.93. The van der Waals surface area contributed by atoms with Crippen molar-refractivity contribution in [2.45, 2.75) is 51.4 Å². The molecule has 0 heterocycles. The van der Waals surface area contributed by atoms with Crippen LogP contribution in [0.25, 0.3) is 0 Å². The van der Waals surface area contributed by atoms with Gasteiger partial charge in [-0.05, 0) is 32.3 Å². The summed E-state index contributed by atoms with van der Waals surface area (Å²) in [5, 5.41) is 0. The maximum atomic E-state index is 12.4. The lowest BCUT2D eigenvalue weighted by Gasteiger charge is -2.35. The number of carbonyl (C=O) groups excluding carboxylic acids is 1. The summed E-state index contributed by atoms with van der Waals surface area (Å²) in [6.45, 7) is 4.41. The highest BCUT2D eigenvalue weighted by Crippen LogP contribution is 2.40. The molecule has 1 aliphatic carbocycles. The van der Waals surface area contributed by atoms with Crippen LogP contribution in [0.1, 0.15) is 50.2 Å². The third-order valence-electron chi connectivity index (χ3n) is 3.98. The van der Waals surface area contributed by atoms with Gasteiger partial charge in [0, 0.05) is 0 Å². The predicted octanol–water partition coefficient (Wildman–Crippen LogP) is 3.76. The topological polar surface area (TPSA) is 26.3 Å². The van der Waals surface area contributed by atoms with Crippen LogP contribution in [0, 0.1) is 6.92 Å². The second kappa shape index (κ2) is 5.55. The molecule has 0 N–H and O–H groups in total. The summed E-state index contributed by atoms with van der Waals surface area (Å²) in [6, 6.07) is 8.37. The average molecular weight is 246 g/mol. The Morgan fingerprint density at radius 2 is 1.78 bits per heavy atom. The number of ether oxygens (including phenoxy) is 1. The Hall–Kier alpha value is -1.31. The van der Waals surface area contributed by atoms with Crippen molar-refractivity contribution in [3.63, 3.8) is 0 Å². The molecule has 1 aliphatic rings. The van der Waals surface area contributed by atoms with Gasteiger partial charge < -0.3 is 4.74 Å². The van der Waals surface area contributed by atoms with Gasteiger partial charge in [0.05, 0.1) is 12.0 Å². The molecule has 0 bridgehead atoms. The van der Waals surface area contributed by atoms with E-state index in [1.54, 1.807) is 0 Å². The summed E-state index contributed by atoms with van der Waals surface area (Å²) in [6.07, 6.45) is 5.32. The molecule has 18 heavy (non-hydrogen) atoms. The van der Waals surface area contributed by atoms with Gasteiger partial charge in [-0.15, -0.1) is 0 Å². The zero-order chi connectivity index (χ0) is 13.0. The molecular formula is C16H22O2. The molecule has 1 fully saturated rings. The second-order valence-corrected chi connectivity index (χ2v) is 5.23. The van der Waals surface area contributed by atoms with Gasteiger partial charge in [0.1, 0.15) is 0 Å². The fourth-order valence-electron chi connectivity index (χ4n) is 2.91. The Morgan fingerprint density at radius 3 is 2.33 bits per heavy atom. The molecule has 2 rings (SSSR count). The Kier molecular flexibility index (Phi) is 4.05. The number of carbonyl (C=O) groups is 1. The van der Waals surface area contributed by atoms with Gasteiger partial charge in [-0.2, -0.15) is 0 Å². The number of rotatable bonds is 3. The molecule has 0 radical (unpaired) electrons. The number of hydrogen-bond acceptors (Lipinski definition) is 2. The van der Waals surface area contributed by atoms with Crippen LogP contribution < -0.4 is 0 Å². The zero-order valence-corrected chi connectivity index (χ0v) is 11.4. The molecule has 1 saturated carbocycles.